The molecule has 0 unspecified atom stereocenters. The lowest BCUT2D eigenvalue weighted by Gasteiger charge is -2.14. The first-order valence-electron chi connectivity index (χ1n) is 10.2. The molecule has 0 spiro atoms. The number of para-hydroxylation sites is 1. The highest BCUT2D eigenvalue weighted by atomic mass is 35.5. The Hall–Kier alpha value is -2.76. The Balaban J connectivity index is 1.66. The molecule has 2 amide bonds. The van der Waals surface area contributed by atoms with E-state index in [-0.39, 0.29) is 17.7 Å². The SMILES string of the molecule is CCc1ccccc1-n1c(C)cc(/C=C2\SC(=O)N(Cc3ccccc3Cl)C2=O)c1C. The number of carbonyl (C=O) groups excluding carboxylic acids is 2. The van der Waals surface area contributed by atoms with Gasteiger partial charge in [0.15, 0.2) is 0 Å². The third-order valence-corrected chi connectivity index (χ3v) is 6.81. The molecule has 1 fully saturated rings. The van der Waals surface area contributed by atoms with Crippen molar-refractivity contribution in [1.82, 2.24) is 9.47 Å². The topological polar surface area (TPSA) is 42.3 Å². The van der Waals surface area contributed by atoms with E-state index in [1.165, 1.54) is 10.5 Å². The summed E-state index contributed by atoms with van der Waals surface area (Å²) in [6.07, 6.45) is 2.76. The summed E-state index contributed by atoms with van der Waals surface area (Å²) >= 11 is 7.19. The number of aryl methyl sites for hydroxylation is 2. The van der Waals surface area contributed by atoms with Crippen LogP contribution in [0.1, 0.15) is 35.0 Å². The standard InChI is InChI=1S/C25H23ClN2O2S/c1-4-18-9-6-8-12-22(18)28-16(2)13-20(17(28)3)14-23-24(29)27(25(30)31-23)15-19-10-5-7-11-21(19)26/h5-14H,4,15H2,1-3H3/b23-14-. The molecule has 6 heteroatoms. The molecule has 4 rings (SSSR count). The van der Waals surface area contributed by atoms with Gasteiger partial charge < -0.3 is 4.57 Å². The van der Waals surface area contributed by atoms with Gasteiger partial charge in [-0.15, -0.1) is 0 Å². The van der Waals surface area contributed by atoms with E-state index < -0.39 is 0 Å². The summed E-state index contributed by atoms with van der Waals surface area (Å²) in [6, 6.07) is 17.6. The van der Waals surface area contributed by atoms with Crippen molar-refractivity contribution < 1.29 is 9.59 Å². The number of aromatic nitrogens is 1. The van der Waals surface area contributed by atoms with Crippen LogP contribution < -0.4 is 0 Å². The van der Waals surface area contributed by atoms with E-state index in [2.05, 4.69) is 36.6 Å². The Kier molecular flexibility index (Phi) is 6.08. The maximum atomic E-state index is 13.0. The van der Waals surface area contributed by atoms with Gasteiger partial charge in [0.1, 0.15) is 0 Å². The van der Waals surface area contributed by atoms with Crippen LogP contribution in [0.2, 0.25) is 5.02 Å². The second kappa shape index (κ2) is 8.77. The Labute approximate surface area is 191 Å². The van der Waals surface area contributed by atoms with Gasteiger partial charge in [-0.25, -0.2) is 0 Å². The summed E-state index contributed by atoms with van der Waals surface area (Å²) in [7, 11) is 0. The van der Waals surface area contributed by atoms with Crippen LogP contribution in [0.15, 0.2) is 59.5 Å². The van der Waals surface area contributed by atoms with Crippen LogP contribution >= 0.6 is 23.4 Å². The van der Waals surface area contributed by atoms with Crippen molar-refractivity contribution in [1.29, 1.82) is 0 Å². The van der Waals surface area contributed by atoms with E-state index in [0.717, 1.165) is 46.4 Å². The van der Waals surface area contributed by atoms with Gasteiger partial charge in [0.2, 0.25) is 0 Å². The minimum absolute atomic E-state index is 0.171. The zero-order valence-corrected chi connectivity index (χ0v) is 19.3. The molecule has 158 valence electrons. The van der Waals surface area contributed by atoms with Crippen molar-refractivity contribution in [2.24, 2.45) is 0 Å². The van der Waals surface area contributed by atoms with Crippen LogP contribution in [-0.4, -0.2) is 20.6 Å². The van der Waals surface area contributed by atoms with Crippen LogP contribution in [0, 0.1) is 13.8 Å². The Bertz CT molecular complexity index is 1210. The summed E-state index contributed by atoms with van der Waals surface area (Å²) in [5.74, 6) is -0.284. The van der Waals surface area contributed by atoms with Gasteiger partial charge in [-0.05, 0) is 73.0 Å². The minimum atomic E-state index is -0.284. The van der Waals surface area contributed by atoms with Crippen molar-refractivity contribution in [2.75, 3.05) is 0 Å². The molecule has 4 nitrogen and oxygen atoms in total. The van der Waals surface area contributed by atoms with Crippen molar-refractivity contribution in [3.05, 3.63) is 92.6 Å². The molecule has 0 radical (unpaired) electrons. The number of benzene rings is 2. The number of hydrogen-bond donors (Lipinski definition) is 0. The molecule has 1 aliphatic heterocycles. The van der Waals surface area contributed by atoms with E-state index >= 15 is 0 Å². The highest BCUT2D eigenvalue weighted by Crippen LogP contribution is 2.35. The monoisotopic (exact) mass is 450 g/mol. The highest BCUT2D eigenvalue weighted by Gasteiger charge is 2.35. The van der Waals surface area contributed by atoms with Gasteiger partial charge in [-0.3, -0.25) is 14.5 Å². The van der Waals surface area contributed by atoms with Crippen LogP contribution in [0.3, 0.4) is 0 Å². The second-order valence-electron chi connectivity index (χ2n) is 7.50. The smallest absolute Gasteiger partial charge is 0.293 e. The Morgan fingerprint density at radius 1 is 1.00 bits per heavy atom. The quantitative estimate of drug-likeness (QED) is 0.414. The molecular formula is C25H23ClN2O2S. The summed E-state index contributed by atoms with van der Waals surface area (Å²) in [5.41, 5.74) is 6.22. The van der Waals surface area contributed by atoms with E-state index in [1.807, 2.05) is 43.3 Å². The van der Waals surface area contributed by atoms with E-state index in [0.29, 0.717) is 9.93 Å². The molecule has 31 heavy (non-hydrogen) atoms. The predicted octanol–water partition coefficient (Wildman–Crippen LogP) is 6.55. The average molecular weight is 451 g/mol. The summed E-state index contributed by atoms with van der Waals surface area (Å²) in [5, 5.41) is 0.268. The lowest BCUT2D eigenvalue weighted by molar-refractivity contribution is -0.123. The molecule has 1 aromatic heterocycles. The van der Waals surface area contributed by atoms with Gasteiger partial charge in [0.25, 0.3) is 11.1 Å². The average Bonchev–Trinajstić information content (AvgIpc) is 3.18. The Morgan fingerprint density at radius 3 is 2.39 bits per heavy atom. The number of hydrogen-bond acceptors (Lipinski definition) is 3. The lowest BCUT2D eigenvalue weighted by Crippen LogP contribution is -2.27. The van der Waals surface area contributed by atoms with Crippen LogP contribution in [0.25, 0.3) is 11.8 Å². The van der Waals surface area contributed by atoms with E-state index in [1.54, 1.807) is 6.07 Å². The number of thioether (sulfide) groups is 1. The van der Waals surface area contributed by atoms with Gasteiger partial charge in [0.05, 0.1) is 11.4 Å². The van der Waals surface area contributed by atoms with Crippen LogP contribution in [-0.2, 0) is 17.8 Å². The van der Waals surface area contributed by atoms with Crippen LogP contribution in [0.4, 0.5) is 4.79 Å². The van der Waals surface area contributed by atoms with Gasteiger partial charge in [-0.1, -0.05) is 54.9 Å². The molecule has 0 N–H and O–H groups in total. The molecule has 3 aromatic rings. The third kappa shape index (κ3) is 4.08. The molecule has 0 atom stereocenters. The summed E-state index contributed by atoms with van der Waals surface area (Å²) in [6.45, 7) is 6.41. The fourth-order valence-electron chi connectivity index (χ4n) is 3.91. The molecule has 1 saturated heterocycles. The summed E-state index contributed by atoms with van der Waals surface area (Å²) in [4.78, 5) is 27.2. The number of nitrogens with zero attached hydrogens (tertiary/aromatic N) is 2. The maximum absolute atomic E-state index is 13.0. The van der Waals surface area contributed by atoms with E-state index in [4.69, 9.17) is 11.6 Å². The summed E-state index contributed by atoms with van der Waals surface area (Å²) < 4.78 is 2.21. The van der Waals surface area contributed by atoms with Crippen molar-refractivity contribution in [2.45, 2.75) is 33.7 Å². The lowest BCUT2D eigenvalue weighted by atomic mass is 10.1. The minimum Gasteiger partial charge on any atom is -0.318 e. The van der Waals surface area contributed by atoms with Crippen molar-refractivity contribution >= 4 is 40.6 Å². The highest BCUT2D eigenvalue weighted by molar-refractivity contribution is 8.18. The fourth-order valence-corrected chi connectivity index (χ4v) is 4.93. The first-order chi connectivity index (χ1) is 14.9. The third-order valence-electron chi connectivity index (χ3n) is 5.53. The molecule has 2 heterocycles. The number of imide groups is 1. The predicted molar refractivity (Wildman–Crippen MR) is 128 cm³/mol. The first kappa shape index (κ1) is 21.5. The number of rotatable bonds is 5. The van der Waals surface area contributed by atoms with Crippen LogP contribution in [0.5, 0.6) is 0 Å². The zero-order valence-electron chi connectivity index (χ0n) is 17.7. The molecule has 0 saturated carbocycles. The first-order valence-corrected chi connectivity index (χ1v) is 11.4. The molecular weight excluding hydrogens is 428 g/mol. The van der Waals surface area contributed by atoms with Crippen molar-refractivity contribution in [3.63, 3.8) is 0 Å². The largest absolute Gasteiger partial charge is 0.318 e. The van der Waals surface area contributed by atoms with E-state index in [9.17, 15) is 9.59 Å². The molecule has 0 bridgehead atoms. The van der Waals surface area contributed by atoms with Crippen molar-refractivity contribution in [3.8, 4) is 5.69 Å². The normalized spacial score (nSPS) is 15.4. The maximum Gasteiger partial charge on any atom is 0.293 e. The zero-order chi connectivity index (χ0) is 22.1. The Morgan fingerprint density at radius 2 is 1.68 bits per heavy atom. The van der Waals surface area contributed by atoms with Gasteiger partial charge in [0, 0.05) is 22.1 Å². The molecule has 2 aromatic carbocycles. The fraction of sp³-hybridized carbons (Fsp3) is 0.200. The molecule has 0 aliphatic carbocycles. The van der Waals surface area contributed by atoms with Gasteiger partial charge in [-0.2, -0.15) is 0 Å². The van der Waals surface area contributed by atoms with Gasteiger partial charge >= 0.3 is 0 Å². The second-order valence-corrected chi connectivity index (χ2v) is 8.90. The molecule has 1 aliphatic rings. The number of amides is 2. The number of carbonyl (C=O) groups is 2. The number of halogens is 1.